The van der Waals surface area contributed by atoms with Gasteiger partial charge in [-0.1, -0.05) is 48.5 Å². The fourth-order valence-electron chi connectivity index (χ4n) is 3.75. The van der Waals surface area contributed by atoms with Gasteiger partial charge in [0, 0.05) is 30.7 Å². The molecule has 0 amide bonds. The second-order valence-electron chi connectivity index (χ2n) is 7.29. The van der Waals surface area contributed by atoms with Crippen molar-refractivity contribution in [1.82, 2.24) is 15.2 Å². The minimum atomic E-state index is 0.864. The maximum Gasteiger partial charge on any atom is 0.0897 e. The van der Waals surface area contributed by atoms with Gasteiger partial charge in [-0.05, 0) is 55.1 Å². The van der Waals surface area contributed by atoms with Crippen molar-refractivity contribution < 1.29 is 0 Å². The molecule has 1 N–H and O–H groups in total. The van der Waals surface area contributed by atoms with E-state index in [2.05, 4.69) is 70.7 Å². The second-order valence-corrected chi connectivity index (χ2v) is 8.61. The summed E-state index contributed by atoms with van der Waals surface area (Å²) in [5, 5.41) is 4.69. The maximum absolute atomic E-state index is 4.33. The van der Waals surface area contributed by atoms with Crippen LogP contribution in [0.15, 0.2) is 54.7 Å². The molecule has 1 aliphatic heterocycles. The van der Waals surface area contributed by atoms with Crippen molar-refractivity contribution >= 4 is 11.3 Å². The molecule has 3 aromatic rings. The molecule has 4 heteroatoms. The Labute approximate surface area is 166 Å². The van der Waals surface area contributed by atoms with Crippen LogP contribution in [0.3, 0.4) is 0 Å². The van der Waals surface area contributed by atoms with Gasteiger partial charge in [-0.2, -0.15) is 0 Å². The maximum atomic E-state index is 4.33. The first-order valence-electron chi connectivity index (χ1n) is 9.79. The zero-order chi connectivity index (χ0) is 18.5. The van der Waals surface area contributed by atoms with E-state index in [9.17, 15) is 0 Å². The number of thiazole rings is 1. The number of benzene rings is 2. The predicted octanol–water partition coefficient (Wildman–Crippen LogP) is 5.00. The summed E-state index contributed by atoms with van der Waals surface area (Å²) >= 11 is 1.76. The first-order chi connectivity index (χ1) is 13.3. The Kier molecular flexibility index (Phi) is 5.97. The number of likely N-dealkylation sites (tertiary alicyclic amines) is 1. The average Bonchev–Trinajstić information content (AvgIpc) is 3.35. The second kappa shape index (κ2) is 8.79. The minimum Gasteiger partial charge on any atom is -0.308 e. The number of hydrogen-bond acceptors (Lipinski definition) is 4. The highest BCUT2D eigenvalue weighted by Crippen LogP contribution is 2.25. The van der Waals surface area contributed by atoms with Gasteiger partial charge >= 0.3 is 0 Å². The Balaban J connectivity index is 1.42. The summed E-state index contributed by atoms with van der Waals surface area (Å²) in [6.45, 7) is 7.36. The molecule has 0 unspecified atom stereocenters. The zero-order valence-corrected chi connectivity index (χ0v) is 16.8. The van der Waals surface area contributed by atoms with Gasteiger partial charge in [0.05, 0.1) is 5.01 Å². The van der Waals surface area contributed by atoms with E-state index in [0.717, 1.165) is 24.6 Å². The van der Waals surface area contributed by atoms with Crippen molar-refractivity contribution in [2.24, 2.45) is 0 Å². The van der Waals surface area contributed by atoms with Crippen molar-refractivity contribution in [3.8, 4) is 11.1 Å². The lowest BCUT2D eigenvalue weighted by Crippen LogP contribution is -2.18. The first-order valence-corrected chi connectivity index (χ1v) is 10.6. The first kappa shape index (κ1) is 18.4. The van der Waals surface area contributed by atoms with Crippen LogP contribution in [0.4, 0.5) is 0 Å². The normalized spacial score (nSPS) is 14.7. The molecule has 1 aliphatic rings. The number of nitrogens with zero attached hydrogens (tertiary/aromatic N) is 2. The number of aromatic nitrogens is 1. The highest BCUT2D eigenvalue weighted by molar-refractivity contribution is 7.11. The monoisotopic (exact) mass is 377 g/mol. The molecule has 0 bridgehead atoms. The van der Waals surface area contributed by atoms with Crippen LogP contribution in [-0.4, -0.2) is 23.0 Å². The summed E-state index contributed by atoms with van der Waals surface area (Å²) in [6, 6.07) is 17.8. The van der Waals surface area contributed by atoms with Crippen molar-refractivity contribution in [1.29, 1.82) is 0 Å². The lowest BCUT2D eigenvalue weighted by atomic mass is 9.98. The summed E-state index contributed by atoms with van der Waals surface area (Å²) in [4.78, 5) is 8.17. The third-order valence-electron chi connectivity index (χ3n) is 5.17. The van der Waals surface area contributed by atoms with Gasteiger partial charge in [-0.15, -0.1) is 11.3 Å². The Morgan fingerprint density at radius 3 is 2.52 bits per heavy atom. The van der Waals surface area contributed by atoms with Crippen LogP contribution in [0.25, 0.3) is 11.1 Å². The molecular formula is C23H27N3S. The molecule has 1 saturated heterocycles. The van der Waals surface area contributed by atoms with Gasteiger partial charge in [-0.25, -0.2) is 4.98 Å². The molecule has 0 aliphatic carbocycles. The predicted molar refractivity (Wildman–Crippen MR) is 114 cm³/mol. The van der Waals surface area contributed by atoms with Crippen LogP contribution in [0.1, 0.15) is 33.9 Å². The molecule has 2 heterocycles. The van der Waals surface area contributed by atoms with E-state index in [1.807, 2.05) is 6.20 Å². The summed E-state index contributed by atoms with van der Waals surface area (Å²) in [5.74, 6) is 0. The smallest absolute Gasteiger partial charge is 0.0897 e. The van der Waals surface area contributed by atoms with Crippen LogP contribution in [0.5, 0.6) is 0 Å². The molecule has 3 nitrogen and oxygen atoms in total. The molecule has 140 valence electrons. The van der Waals surface area contributed by atoms with Crippen LogP contribution in [-0.2, 0) is 19.6 Å². The van der Waals surface area contributed by atoms with Crippen molar-refractivity contribution in [2.75, 3.05) is 13.1 Å². The van der Waals surface area contributed by atoms with Gasteiger partial charge < -0.3 is 5.32 Å². The van der Waals surface area contributed by atoms with Gasteiger partial charge in [0.15, 0.2) is 0 Å². The Hall–Kier alpha value is -2.01. The topological polar surface area (TPSA) is 28.2 Å². The van der Waals surface area contributed by atoms with Gasteiger partial charge in [0.1, 0.15) is 0 Å². The molecule has 0 radical (unpaired) electrons. The lowest BCUT2D eigenvalue weighted by molar-refractivity contribution is 0.331. The van der Waals surface area contributed by atoms with Crippen LogP contribution in [0.2, 0.25) is 0 Å². The molecular weight excluding hydrogens is 350 g/mol. The fraction of sp³-hybridized carbons (Fsp3) is 0.348. The van der Waals surface area contributed by atoms with Gasteiger partial charge in [0.2, 0.25) is 0 Å². The molecule has 1 aromatic heterocycles. The minimum absolute atomic E-state index is 0.864. The zero-order valence-electron chi connectivity index (χ0n) is 15.9. The van der Waals surface area contributed by atoms with Crippen molar-refractivity contribution in [3.05, 3.63) is 75.7 Å². The van der Waals surface area contributed by atoms with E-state index in [0.29, 0.717) is 0 Å². The average molecular weight is 378 g/mol. The Morgan fingerprint density at radius 1 is 1.00 bits per heavy atom. The molecule has 1 fully saturated rings. The quantitative estimate of drug-likeness (QED) is 0.628. The summed E-state index contributed by atoms with van der Waals surface area (Å²) in [7, 11) is 0. The Bertz CT molecular complexity index is 863. The van der Waals surface area contributed by atoms with Crippen LogP contribution in [0, 0.1) is 6.92 Å². The van der Waals surface area contributed by atoms with E-state index in [1.54, 1.807) is 11.3 Å². The number of hydrogen-bond donors (Lipinski definition) is 1. The van der Waals surface area contributed by atoms with E-state index >= 15 is 0 Å². The third-order valence-corrected chi connectivity index (χ3v) is 6.08. The highest BCUT2D eigenvalue weighted by atomic mass is 32.1. The number of rotatable bonds is 7. The molecule has 4 rings (SSSR count). The van der Waals surface area contributed by atoms with Gasteiger partial charge in [0.25, 0.3) is 0 Å². The summed E-state index contributed by atoms with van der Waals surface area (Å²) in [6.07, 6.45) is 4.66. The van der Waals surface area contributed by atoms with Crippen molar-refractivity contribution in [3.63, 3.8) is 0 Å². The van der Waals surface area contributed by atoms with E-state index in [1.165, 1.54) is 53.1 Å². The van der Waals surface area contributed by atoms with E-state index in [-0.39, 0.29) is 0 Å². The molecule has 27 heavy (non-hydrogen) atoms. The van der Waals surface area contributed by atoms with Crippen LogP contribution < -0.4 is 5.32 Å². The summed E-state index contributed by atoms with van der Waals surface area (Å²) in [5.41, 5.74) is 5.37. The van der Waals surface area contributed by atoms with E-state index < -0.39 is 0 Å². The van der Waals surface area contributed by atoms with Crippen molar-refractivity contribution in [2.45, 2.75) is 39.4 Å². The standard InChI is InChI=1S/C23H27N3S/c1-18-25-16-22(27-18)15-24-14-21-6-2-3-7-23(21)20-10-8-19(9-11-20)17-26-12-4-5-13-26/h2-3,6-11,16,24H,4-5,12-15,17H2,1H3. The highest BCUT2D eigenvalue weighted by Gasteiger charge is 2.12. The molecule has 0 saturated carbocycles. The largest absolute Gasteiger partial charge is 0.308 e. The number of nitrogens with one attached hydrogen (secondary N) is 1. The van der Waals surface area contributed by atoms with E-state index in [4.69, 9.17) is 0 Å². The van der Waals surface area contributed by atoms with Gasteiger partial charge in [-0.3, -0.25) is 4.90 Å². The summed E-state index contributed by atoms with van der Waals surface area (Å²) < 4.78 is 0. The van der Waals surface area contributed by atoms with Crippen LogP contribution >= 0.6 is 11.3 Å². The third kappa shape index (κ3) is 4.83. The molecule has 0 atom stereocenters. The SMILES string of the molecule is Cc1ncc(CNCc2ccccc2-c2ccc(CN3CCCC3)cc2)s1. The molecule has 0 spiro atoms. The number of aryl methyl sites for hydroxylation is 1. The Morgan fingerprint density at radius 2 is 1.78 bits per heavy atom. The lowest BCUT2D eigenvalue weighted by Gasteiger charge is -2.15. The fourth-order valence-corrected chi connectivity index (χ4v) is 4.52. The molecule has 2 aromatic carbocycles.